The molecular formula is C18H22N2O3S. The molecule has 0 aliphatic carbocycles. The highest BCUT2D eigenvalue weighted by Gasteiger charge is 2.33. The summed E-state index contributed by atoms with van der Waals surface area (Å²) in [6, 6.07) is 10.8. The predicted molar refractivity (Wildman–Crippen MR) is 92.3 cm³/mol. The summed E-state index contributed by atoms with van der Waals surface area (Å²) < 4.78 is 33.1. The average molecular weight is 346 g/mol. The minimum Gasteiger partial charge on any atom is -0.497 e. The van der Waals surface area contributed by atoms with E-state index in [0.29, 0.717) is 6.54 Å². The number of methoxy groups -OCH3 is 1. The van der Waals surface area contributed by atoms with Gasteiger partial charge in [-0.3, -0.25) is 4.98 Å². The van der Waals surface area contributed by atoms with Crippen molar-refractivity contribution in [1.82, 2.24) is 9.29 Å². The van der Waals surface area contributed by atoms with Crippen LogP contribution in [0.3, 0.4) is 0 Å². The zero-order chi connectivity index (χ0) is 17.0. The molecule has 24 heavy (non-hydrogen) atoms. The quantitative estimate of drug-likeness (QED) is 0.851. The molecular weight excluding hydrogens is 324 g/mol. The van der Waals surface area contributed by atoms with Gasteiger partial charge in [0.15, 0.2) is 0 Å². The molecule has 0 radical (unpaired) electrons. The van der Waals surface area contributed by atoms with Crippen LogP contribution in [0.5, 0.6) is 5.75 Å². The third kappa shape index (κ3) is 3.44. The highest BCUT2D eigenvalue weighted by Crippen LogP contribution is 2.35. The topological polar surface area (TPSA) is 59.5 Å². The van der Waals surface area contributed by atoms with Crippen LogP contribution in [0.4, 0.5) is 0 Å². The molecule has 1 aliphatic heterocycles. The van der Waals surface area contributed by atoms with Gasteiger partial charge in [0.1, 0.15) is 10.6 Å². The van der Waals surface area contributed by atoms with Crippen molar-refractivity contribution in [3.63, 3.8) is 0 Å². The molecule has 1 fully saturated rings. The van der Waals surface area contributed by atoms with Crippen LogP contribution < -0.4 is 4.74 Å². The standard InChI is InChI=1S/C18H22N2O3S/c1-23-16-10-8-15(9-11-16)18-7-3-2-4-13-20(18)24(21,22)17-6-5-12-19-14-17/h5-6,8-12,14,18H,2-4,7,13H2,1H3. The average Bonchev–Trinajstić information content (AvgIpc) is 2.89. The van der Waals surface area contributed by atoms with Crippen LogP contribution in [0.15, 0.2) is 53.7 Å². The van der Waals surface area contributed by atoms with Crippen LogP contribution in [0.25, 0.3) is 0 Å². The molecule has 0 N–H and O–H groups in total. The number of rotatable bonds is 4. The maximum atomic E-state index is 13.1. The first kappa shape index (κ1) is 16.9. The van der Waals surface area contributed by atoms with E-state index in [2.05, 4.69) is 4.98 Å². The number of aromatic nitrogens is 1. The van der Waals surface area contributed by atoms with Gasteiger partial charge in [-0.15, -0.1) is 0 Å². The monoisotopic (exact) mass is 346 g/mol. The van der Waals surface area contributed by atoms with Gasteiger partial charge in [0.25, 0.3) is 0 Å². The number of nitrogens with zero attached hydrogens (tertiary/aromatic N) is 2. The third-order valence-electron chi connectivity index (χ3n) is 4.45. The minimum absolute atomic E-state index is 0.149. The van der Waals surface area contributed by atoms with E-state index in [1.165, 1.54) is 6.20 Å². The van der Waals surface area contributed by atoms with Gasteiger partial charge in [-0.2, -0.15) is 4.31 Å². The van der Waals surface area contributed by atoms with Crippen LogP contribution in [0.2, 0.25) is 0 Å². The van der Waals surface area contributed by atoms with E-state index in [-0.39, 0.29) is 10.9 Å². The summed E-state index contributed by atoms with van der Waals surface area (Å²) in [5.41, 5.74) is 1.00. The Kier molecular flexibility index (Phi) is 5.16. The number of pyridine rings is 1. The Morgan fingerprint density at radius 1 is 1.12 bits per heavy atom. The molecule has 0 spiro atoms. The number of hydrogen-bond donors (Lipinski definition) is 0. The van der Waals surface area contributed by atoms with E-state index in [4.69, 9.17) is 4.74 Å². The van der Waals surface area contributed by atoms with Gasteiger partial charge in [0.05, 0.1) is 13.2 Å². The summed E-state index contributed by atoms with van der Waals surface area (Å²) >= 11 is 0. The molecule has 2 heterocycles. The van der Waals surface area contributed by atoms with Crippen molar-refractivity contribution in [1.29, 1.82) is 0 Å². The molecule has 1 saturated heterocycles. The van der Waals surface area contributed by atoms with Gasteiger partial charge >= 0.3 is 0 Å². The maximum Gasteiger partial charge on any atom is 0.245 e. The summed E-state index contributed by atoms with van der Waals surface area (Å²) in [4.78, 5) is 4.22. The van der Waals surface area contributed by atoms with Gasteiger partial charge < -0.3 is 4.74 Å². The number of ether oxygens (including phenoxy) is 1. The highest BCUT2D eigenvalue weighted by atomic mass is 32.2. The maximum absolute atomic E-state index is 13.1. The molecule has 3 rings (SSSR count). The Bertz CT molecular complexity index is 761. The van der Waals surface area contributed by atoms with E-state index < -0.39 is 10.0 Å². The van der Waals surface area contributed by atoms with Crippen LogP contribution in [-0.2, 0) is 10.0 Å². The van der Waals surface area contributed by atoms with Gasteiger partial charge in [-0.1, -0.05) is 25.0 Å². The van der Waals surface area contributed by atoms with Crippen LogP contribution >= 0.6 is 0 Å². The van der Waals surface area contributed by atoms with E-state index >= 15 is 0 Å². The fourth-order valence-corrected chi connectivity index (χ4v) is 4.81. The van der Waals surface area contributed by atoms with E-state index in [0.717, 1.165) is 37.0 Å². The Labute approximate surface area is 143 Å². The second-order valence-electron chi connectivity index (χ2n) is 5.94. The number of sulfonamides is 1. The lowest BCUT2D eigenvalue weighted by atomic mass is 10.0. The van der Waals surface area contributed by atoms with Crippen molar-refractivity contribution in [2.24, 2.45) is 0 Å². The number of benzene rings is 1. The van der Waals surface area contributed by atoms with E-state index in [1.807, 2.05) is 24.3 Å². The summed E-state index contributed by atoms with van der Waals surface area (Å²) in [7, 11) is -1.93. The lowest BCUT2D eigenvalue weighted by Gasteiger charge is -2.29. The number of hydrogen-bond acceptors (Lipinski definition) is 4. The van der Waals surface area contributed by atoms with Crippen molar-refractivity contribution < 1.29 is 13.2 Å². The van der Waals surface area contributed by atoms with Gasteiger partial charge in [0.2, 0.25) is 10.0 Å². The van der Waals surface area contributed by atoms with Crippen LogP contribution in [-0.4, -0.2) is 31.4 Å². The first-order valence-corrected chi connectivity index (χ1v) is 9.63. The zero-order valence-corrected chi connectivity index (χ0v) is 14.6. The molecule has 1 aromatic heterocycles. The summed E-state index contributed by atoms with van der Waals surface area (Å²) in [5.74, 6) is 0.772. The predicted octanol–water partition coefficient (Wildman–Crippen LogP) is 3.40. The van der Waals surface area contributed by atoms with Crippen molar-refractivity contribution in [2.75, 3.05) is 13.7 Å². The van der Waals surface area contributed by atoms with E-state index in [1.54, 1.807) is 29.7 Å². The fourth-order valence-electron chi connectivity index (χ4n) is 3.16. The van der Waals surface area contributed by atoms with Crippen LogP contribution in [0, 0.1) is 0 Å². The third-order valence-corrected chi connectivity index (χ3v) is 6.34. The summed E-state index contributed by atoms with van der Waals surface area (Å²) in [6.45, 7) is 0.536. The van der Waals surface area contributed by atoms with Crippen molar-refractivity contribution in [3.05, 3.63) is 54.4 Å². The molecule has 0 amide bonds. The van der Waals surface area contributed by atoms with Crippen molar-refractivity contribution in [2.45, 2.75) is 36.6 Å². The molecule has 128 valence electrons. The normalized spacial score (nSPS) is 19.6. The Balaban J connectivity index is 1.98. The molecule has 5 nitrogen and oxygen atoms in total. The lowest BCUT2D eigenvalue weighted by Crippen LogP contribution is -2.34. The first-order valence-electron chi connectivity index (χ1n) is 8.19. The minimum atomic E-state index is -3.56. The molecule has 2 aromatic rings. The Hall–Kier alpha value is -1.92. The summed E-state index contributed by atoms with van der Waals surface area (Å²) in [5, 5.41) is 0. The SMILES string of the molecule is COc1ccc(C2CCCCCN2S(=O)(=O)c2cccnc2)cc1. The molecule has 1 unspecified atom stereocenters. The molecule has 0 bridgehead atoms. The molecule has 0 saturated carbocycles. The van der Waals surface area contributed by atoms with Gasteiger partial charge in [0, 0.05) is 18.9 Å². The van der Waals surface area contributed by atoms with Crippen molar-refractivity contribution >= 4 is 10.0 Å². The van der Waals surface area contributed by atoms with E-state index in [9.17, 15) is 8.42 Å². The zero-order valence-electron chi connectivity index (χ0n) is 13.8. The van der Waals surface area contributed by atoms with Crippen LogP contribution in [0.1, 0.15) is 37.3 Å². The second kappa shape index (κ2) is 7.32. The summed E-state index contributed by atoms with van der Waals surface area (Å²) in [6.07, 6.45) is 6.78. The smallest absolute Gasteiger partial charge is 0.245 e. The second-order valence-corrected chi connectivity index (χ2v) is 7.83. The fraction of sp³-hybridized carbons (Fsp3) is 0.389. The highest BCUT2D eigenvalue weighted by molar-refractivity contribution is 7.89. The Morgan fingerprint density at radius 2 is 1.92 bits per heavy atom. The van der Waals surface area contributed by atoms with Crippen molar-refractivity contribution in [3.8, 4) is 5.75 Å². The molecule has 6 heteroatoms. The first-order chi connectivity index (χ1) is 11.6. The molecule has 1 aliphatic rings. The Morgan fingerprint density at radius 3 is 2.58 bits per heavy atom. The van der Waals surface area contributed by atoms with Gasteiger partial charge in [-0.25, -0.2) is 8.42 Å². The molecule has 1 aromatic carbocycles. The van der Waals surface area contributed by atoms with Gasteiger partial charge in [-0.05, 0) is 42.7 Å². The largest absolute Gasteiger partial charge is 0.497 e. The lowest BCUT2D eigenvalue weighted by molar-refractivity contribution is 0.328. The molecule has 1 atom stereocenters.